The van der Waals surface area contributed by atoms with Gasteiger partial charge >= 0.3 is 0 Å². The molecule has 0 bridgehead atoms. The van der Waals surface area contributed by atoms with Crippen molar-refractivity contribution in [2.75, 3.05) is 33.3 Å². The van der Waals surface area contributed by atoms with E-state index in [1.165, 1.54) is 21.9 Å². The molecule has 6 heteroatoms. The maximum absolute atomic E-state index is 13.0. The molecule has 4 aromatic rings. The zero-order chi connectivity index (χ0) is 25.5. The molecule has 0 radical (unpaired) electrons. The van der Waals surface area contributed by atoms with Gasteiger partial charge in [0.05, 0.1) is 19.4 Å². The van der Waals surface area contributed by atoms with Crippen molar-refractivity contribution in [3.63, 3.8) is 0 Å². The Labute approximate surface area is 219 Å². The van der Waals surface area contributed by atoms with E-state index >= 15 is 0 Å². The molecule has 1 aromatic heterocycles. The van der Waals surface area contributed by atoms with E-state index in [9.17, 15) is 4.79 Å². The number of nitrogens with one attached hydrogen (secondary N) is 1. The van der Waals surface area contributed by atoms with Gasteiger partial charge in [0, 0.05) is 44.5 Å². The summed E-state index contributed by atoms with van der Waals surface area (Å²) in [5.74, 6) is 1.09. The van der Waals surface area contributed by atoms with Gasteiger partial charge in [0.1, 0.15) is 5.75 Å². The van der Waals surface area contributed by atoms with Crippen LogP contribution in [0.5, 0.6) is 5.75 Å². The van der Waals surface area contributed by atoms with Gasteiger partial charge in [-0.25, -0.2) is 4.98 Å². The van der Waals surface area contributed by atoms with E-state index < -0.39 is 0 Å². The van der Waals surface area contributed by atoms with Gasteiger partial charge in [-0.2, -0.15) is 0 Å². The molecule has 1 aliphatic heterocycles. The average molecular weight is 497 g/mol. The van der Waals surface area contributed by atoms with Crippen LogP contribution < -0.4 is 10.1 Å². The highest BCUT2D eigenvalue weighted by Gasteiger charge is 2.25. The molecule has 1 amide bonds. The fraction of sp³-hybridized carbons (Fsp3) is 0.355. The largest absolute Gasteiger partial charge is 0.497 e. The number of methoxy groups -OCH3 is 1. The molecule has 37 heavy (non-hydrogen) atoms. The van der Waals surface area contributed by atoms with Crippen LogP contribution in [-0.2, 0) is 24.2 Å². The quantitative estimate of drug-likeness (QED) is 0.346. The topological polar surface area (TPSA) is 59.4 Å². The Hall–Kier alpha value is -3.64. The van der Waals surface area contributed by atoms with Crippen molar-refractivity contribution in [2.45, 2.75) is 32.2 Å². The lowest BCUT2D eigenvalue weighted by Gasteiger charge is -2.32. The molecular formula is C31H36N4O2. The number of rotatable bonds is 10. The summed E-state index contributed by atoms with van der Waals surface area (Å²) in [6, 6.07) is 23.2. The standard InChI is InChI=1S/C31H36N4O2/c1-37-29-13-11-24(12-14-29)21-35-23-32-20-28(35)15-17-33-31(36)27-9-5-18-34(22-27)19-16-26-8-4-7-25-6-2-3-10-30(25)26/h2-4,6-8,10-14,20,23,27H,5,9,15-19,21-22H2,1H3,(H,33,36)/t27-/m0/s1. The van der Waals surface area contributed by atoms with Crippen molar-refractivity contribution in [3.8, 4) is 5.75 Å². The number of carbonyl (C=O) groups is 1. The Bertz CT molecular complexity index is 1310. The van der Waals surface area contributed by atoms with Gasteiger partial charge in [0.25, 0.3) is 0 Å². The van der Waals surface area contributed by atoms with E-state index in [1.54, 1.807) is 7.11 Å². The van der Waals surface area contributed by atoms with Crippen molar-refractivity contribution in [3.05, 3.63) is 96.1 Å². The van der Waals surface area contributed by atoms with Gasteiger partial charge < -0.3 is 19.5 Å². The number of likely N-dealkylation sites (tertiary alicyclic amines) is 1. The van der Waals surface area contributed by atoms with Crippen molar-refractivity contribution in [2.24, 2.45) is 5.92 Å². The molecule has 6 nitrogen and oxygen atoms in total. The van der Waals surface area contributed by atoms with Crippen LogP contribution in [0.1, 0.15) is 29.7 Å². The molecule has 1 saturated heterocycles. The summed E-state index contributed by atoms with van der Waals surface area (Å²) in [6.45, 7) is 4.27. The van der Waals surface area contributed by atoms with Crippen LogP contribution in [0.4, 0.5) is 0 Å². The minimum Gasteiger partial charge on any atom is -0.497 e. The monoisotopic (exact) mass is 496 g/mol. The van der Waals surface area contributed by atoms with Gasteiger partial charge in [-0.15, -0.1) is 0 Å². The third kappa shape index (κ3) is 6.38. The molecule has 192 valence electrons. The zero-order valence-electron chi connectivity index (χ0n) is 21.6. The van der Waals surface area contributed by atoms with Crippen molar-refractivity contribution in [1.82, 2.24) is 19.8 Å². The molecule has 1 fully saturated rings. The zero-order valence-corrected chi connectivity index (χ0v) is 21.6. The third-order valence-electron chi connectivity index (χ3n) is 7.44. The van der Waals surface area contributed by atoms with Crippen molar-refractivity contribution in [1.29, 1.82) is 0 Å². The third-order valence-corrected chi connectivity index (χ3v) is 7.44. The first-order chi connectivity index (χ1) is 18.2. The van der Waals surface area contributed by atoms with E-state index in [-0.39, 0.29) is 11.8 Å². The number of hydrogen-bond acceptors (Lipinski definition) is 4. The van der Waals surface area contributed by atoms with Gasteiger partial charge in [-0.1, -0.05) is 54.6 Å². The molecule has 0 saturated carbocycles. The summed E-state index contributed by atoms with van der Waals surface area (Å²) in [4.78, 5) is 19.8. The summed E-state index contributed by atoms with van der Waals surface area (Å²) in [5, 5.41) is 5.82. The lowest BCUT2D eigenvalue weighted by molar-refractivity contribution is -0.126. The van der Waals surface area contributed by atoms with E-state index in [0.29, 0.717) is 6.54 Å². The van der Waals surface area contributed by atoms with E-state index in [0.717, 1.165) is 63.3 Å². The molecule has 1 atom stereocenters. The predicted octanol–water partition coefficient (Wildman–Crippen LogP) is 4.71. The van der Waals surface area contributed by atoms with Crippen LogP contribution in [-0.4, -0.2) is 53.6 Å². The summed E-state index contributed by atoms with van der Waals surface area (Å²) >= 11 is 0. The first-order valence-electron chi connectivity index (χ1n) is 13.3. The highest BCUT2D eigenvalue weighted by molar-refractivity contribution is 5.85. The SMILES string of the molecule is COc1ccc(Cn2cncc2CCNC(=O)[C@H]2CCCN(CCc3cccc4ccccc34)C2)cc1. The Balaban J connectivity index is 1.09. The first-order valence-corrected chi connectivity index (χ1v) is 13.3. The van der Waals surface area contributed by atoms with Gasteiger partial charge in [0.15, 0.2) is 0 Å². The van der Waals surface area contributed by atoms with Gasteiger partial charge in [0.2, 0.25) is 5.91 Å². The van der Waals surface area contributed by atoms with E-state index in [2.05, 4.69) is 74.4 Å². The second kappa shape index (κ2) is 12.1. The lowest BCUT2D eigenvalue weighted by atomic mass is 9.96. The Kier molecular flexibility index (Phi) is 8.16. The number of nitrogens with zero attached hydrogens (tertiary/aromatic N) is 3. The first kappa shape index (κ1) is 25.0. The van der Waals surface area contributed by atoms with Crippen molar-refractivity contribution >= 4 is 16.7 Å². The van der Waals surface area contributed by atoms with Gasteiger partial charge in [-0.3, -0.25) is 4.79 Å². The molecule has 2 heterocycles. The molecule has 0 spiro atoms. The van der Waals surface area contributed by atoms with Crippen LogP contribution in [0.25, 0.3) is 10.8 Å². The fourth-order valence-electron chi connectivity index (χ4n) is 5.35. The lowest BCUT2D eigenvalue weighted by Crippen LogP contribution is -2.44. The number of fused-ring (bicyclic) bond motifs is 1. The van der Waals surface area contributed by atoms with Crippen LogP contribution >= 0.6 is 0 Å². The molecule has 0 aliphatic carbocycles. The van der Waals surface area contributed by atoms with Crippen LogP contribution in [0.15, 0.2) is 79.3 Å². The number of hydrogen-bond donors (Lipinski definition) is 1. The number of amides is 1. The number of imidazole rings is 1. The van der Waals surface area contributed by atoms with E-state index in [4.69, 9.17) is 4.74 Å². The number of ether oxygens (including phenoxy) is 1. The maximum Gasteiger partial charge on any atom is 0.224 e. The second-order valence-corrected chi connectivity index (χ2v) is 9.93. The van der Waals surface area contributed by atoms with Crippen LogP contribution in [0, 0.1) is 5.92 Å². The number of piperidine rings is 1. The minimum atomic E-state index is 0.0606. The molecule has 3 aromatic carbocycles. The number of carbonyl (C=O) groups excluding carboxylic acids is 1. The Morgan fingerprint density at radius 3 is 2.76 bits per heavy atom. The predicted molar refractivity (Wildman–Crippen MR) is 148 cm³/mol. The summed E-state index contributed by atoms with van der Waals surface area (Å²) in [5.41, 5.74) is 3.70. The van der Waals surface area contributed by atoms with Crippen LogP contribution in [0.2, 0.25) is 0 Å². The molecule has 1 aliphatic rings. The summed E-state index contributed by atoms with van der Waals surface area (Å²) in [7, 11) is 1.68. The minimum absolute atomic E-state index is 0.0606. The molecule has 1 N–H and O–H groups in total. The Morgan fingerprint density at radius 2 is 1.89 bits per heavy atom. The molecular weight excluding hydrogens is 460 g/mol. The number of benzene rings is 3. The highest BCUT2D eigenvalue weighted by atomic mass is 16.5. The Morgan fingerprint density at radius 1 is 1.05 bits per heavy atom. The number of aromatic nitrogens is 2. The van der Waals surface area contributed by atoms with Gasteiger partial charge in [-0.05, 0) is 59.8 Å². The highest BCUT2D eigenvalue weighted by Crippen LogP contribution is 2.21. The second-order valence-electron chi connectivity index (χ2n) is 9.93. The maximum atomic E-state index is 13.0. The van der Waals surface area contributed by atoms with E-state index in [1.807, 2.05) is 24.7 Å². The van der Waals surface area contributed by atoms with Crippen LogP contribution in [0.3, 0.4) is 0 Å². The summed E-state index contributed by atoms with van der Waals surface area (Å²) in [6.07, 6.45) is 7.56. The fourth-order valence-corrected chi connectivity index (χ4v) is 5.35. The summed E-state index contributed by atoms with van der Waals surface area (Å²) < 4.78 is 7.39. The smallest absolute Gasteiger partial charge is 0.224 e. The molecule has 0 unspecified atom stereocenters. The van der Waals surface area contributed by atoms with Crippen molar-refractivity contribution < 1.29 is 9.53 Å². The molecule has 5 rings (SSSR count). The normalized spacial score (nSPS) is 16.1. The average Bonchev–Trinajstić information content (AvgIpc) is 3.39.